The lowest BCUT2D eigenvalue weighted by molar-refractivity contribution is -0.150. The zero-order chi connectivity index (χ0) is 16.4. The van der Waals surface area contributed by atoms with E-state index in [4.69, 9.17) is 9.84 Å². The highest BCUT2D eigenvalue weighted by Gasteiger charge is 2.52. The van der Waals surface area contributed by atoms with Crippen LogP contribution in [0.15, 0.2) is 42.1 Å². The molecule has 8 heteroatoms. The third-order valence-corrected chi connectivity index (χ3v) is 4.68. The van der Waals surface area contributed by atoms with E-state index < -0.39 is 23.8 Å². The van der Waals surface area contributed by atoms with Gasteiger partial charge in [0.2, 0.25) is 0 Å². The Balaban J connectivity index is 1.55. The van der Waals surface area contributed by atoms with Crippen molar-refractivity contribution in [2.24, 2.45) is 0 Å². The maximum absolute atomic E-state index is 12.1. The van der Waals surface area contributed by atoms with Crippen molar-refractivity contribution in [1.82, 2.24) is 10.2 Å². The number of aliphatic carboxylic acids is 1. The van der Waals surface area contributed by atoms with Crippen LogP contribution < -0.4 is 10.1 Å². The minimum atomic E-state index is -1.14. The van der Waals surface area contributed by atoms with Crippen molar-refractivity contribution in [2.75, 3.05) is 12.4 Å². The molecule has 0 bridgehead atoms. The molecule has 2 amide bonds. The lowest BCUT2D eigenvalue weighted by Gasteiger charge is -2.48. The van der Waals surface area contributed by atoms with Crippen LogP contribution in [0, 0.1) is 0 Å². The van der Waals surface area contributed by atoms with E-state index in [1.165, 1.54) is 22.7 Å². The van der Waals surface area contributed by atoms with Crippen LogP contribution in [0.4, 0.5) is 0 Å². The molecule has 2 heterocycles. The Morgan fingerprint density at radius 3 is 2.78 bits per heavy atom. The molecule has 0 unspecified atom stereocenters. The molecule has 0 radical (unpaired) electrons. The van der Waals surface area contributed by atoms with Gasteiger partial charge in [0.05, 0.1) is 0 Å². The first-order chi connectivity index (χ1) is 11.1. The van der Waals surface area contributed by atoms with Gasteiger partial charge in [0, 0.05) is 5.75 Å². The number of hydrogen-bond acceptors (Lipinski definition) is 5. The van der Waals surface area contributed by atoms with Gasteiger partial charge in [0.1, 0.15) is 22.9 Å². The summed E-state index contributed by atoms with van der Waals surface area (Å²) in [6.07, 6.45) is 1.50. The van der Waals surface area contributed by atoms with Crippen LogP contribution in [-0.4, -0.2) is 51.6 Å². The molecular formula is C15H14N2O5S. The van der Waals surface area contributed by atoms with Crippen LogP contribution in [0.1, 0.15) is 0 Å². The highest BCUT2D eigenvalue weighted by Crippen LogP contribution is 2.37. The van der Waals surface area contributed by atoms with Gasteiger partial charge in [-0.2, -0.15) is 0 Å². The van der Waals surface area contributed by atoms with Crippen LogP contribution in [0.2, 0.25) is 0 Å². The second-order valence-corrected chi connectivity index (χ2v) is 6.12. The Morgan fingerprint density at radius 1 is 1.35 bits per heavy atom. The number of thioether (sulfide) groups is 1. The summed E-state index contributed by atoms with van der Waals surface area (Å²) in [5, 5.41) is 11.3. The summed E-state index contributed by atoms with van der Waals surface area (Å²) in [7, 11) is 0. The Bertz CT molecular complexity index is 676. The number of carboxylic acid groups (broad SMARTS) is 1. The second kappa shape index (κ2) is 6.33. The maximum atomic E-state index is 12.1. The average Bonchev–Trinajstić information content (AvgIpc) is 2.57. The number of benzene rings is 1. The highest BCUT2D eigenvalue weighted by atomic mass is 32.2. The van der Waals surface area contributed by atoms with Crippen molar-refractivity contribution in [3.05, 3.63) is 42.1 Å². The number of nitrogens with zero attached hydrogens (tertiary/aromatic N) is 1. The normalized spacial score (nSPS) is 22.5. The Labute approximate surface area is 136 Å². The smallest absolute Gasteiger partial charge is 0.352 e. The third-order valence-electron chi connectivity index (χ3n) is 3.50. The predicted molar refractivity (Wildman–Crippen MR) is 82.7 cm³/mol. The lowest BCUT2D eigenvalue weighted by Crippen LogP contribution is -2.70. The molecule has 2 atom stereocenters. The monoisotopic (exact) mass is 334 g/mol. The van der Waals surface area contributed by atoms with Gasteiger partial charge < -0.3 is 15.2 Å². The van der Waals surface area contributed by atoms with Crippen LogP contribution in [-0.2, 0) is 14.4 Å². The van der Waals surface area contributed by atoms with Crippen LogP contribution in [0.3, 0.4) is 0 Å². The first kappa shape index (κ1) is 15.4. The maximum Gasteiger partial charge on any atom is 0.352 e. The molecule has 1 saturated heterocycles. The molecule has 3 rings (SSSR count). The molecule has 2 N–H and O–H groups in total. The average molecular weight is 334 g/mol. The van der Waals surface area contributed by atoms with Gasteiger partial charge >= 0.3 is 5.97 Å². The number of fused-ring (bicyclic) bond motifs is 1. The van der Waals surface area contributed by atoms with Crippen molar-refractivity contribution in [3.8, 4) is 5.75 Å². The van der Waals surface area contributed by atoms with Gasteiger partial charge in [-0.3, -0.25) is 14.5 Å². The van der Waals surface area contributed by atoms with Gasteiger partial charge in [0.15, 0.2) is 6.61 Å². The molecule has 0 aliphatic carbocycles. The molecule has 120 valence electrons. The van der Waals surface area contributed by atoms with Gasteiger partial charge in [-0.1, -0.05) is 18.2 Å². The molecule has 0 saturated carbocycles. The molecular weight excluding hydrogens is 320 g/mol. The summed E-state index contributed by atoms with van der Waals surface area (Å²) in [5.41, 5.74) is -0.0233. The van der Waals surface area contributed by atoms with E-state index in [0.29, 0.717) is 11.5 Å². The van der Waals surface area contributed by atoms with Crippen molar-refractivity contribution >= 4 is 29.5 Å². The molecule has 2 aliphatic heterocycles. The summed E-state index contributed by atoms with van der Waals surface area (Å²) in [6, 6.07) is 8.16. The highest BCUT2D eigenvalue weighted by molar-refractivity contribution is 8.00. The molecule has 0 spiro atoms. The Kier molecular flexibility index (Phi) is 4.24. The molecule has 7 nitrogen and oxygen atoms in total. The number of ether oxygens (including phenoxy) is 1. The quantitative estimate of drug-likeness (QED) is 0.759. The van der Waals surface area contributed by atoms with E-state index in [-0.39, 0.29) is 17.7 Å². The molecule has 1 fully saturated rings. The Morgan fingerprint density at radius 2 is 2.09 bits per heavy atom. The number of para-hydroxylation sites is 1. The standard InChI is InChI=1S/C15H14N2O5S/c18-11(8-22-9-4-2-1-3-5-9)16-12-13(19)17-10(15(20)21)6-7-23-14(12)17/h1-6,12,14H,7-8H2,(H,16,18)(H,20,21)/t12-,14+/m1/s1. The number of carbonyl (C=O) groups is 3. The number of nitrogens with one attached hydrogen (secondary N) is 1. The fraction of sp³-hybridized carbons (Fsp3) is 0.267. The topological polar surface area (TPSA) is 95.9 Å². The fourth-order valence-electron chi connectivity index (χ4n) is 2.42. The molecule has 1 aromatic carbocycles. The van der Waals surface area contributed by atoms with Crippen LogP contribution in [0.25, 0.3) is 0 Å². The van der Waals surface area contributed by atoms with E-state index in [1.54, 1.807) is 24.3 Å². The summed E-state index contributed by atoms with van der Waals surface area (Å²) in [4.78, 5) is 36.3. The molecule has 1 aromatic rings. The van der Waals surface area contributed by atoms with E-state index in [1.807, 2.05) is 6.07 Å². The molecule has 0 aromatic heterocycles. The van der Waals surface area contributed by atoms with E-state index in [9.17, 15) is 14.4 Å². The predicted octanol–water partition coefficient (Wildman–Crippen LogP) is 0.434. The lowest BCUT2D eigenvalue weighted by atomic mass is 10.1. The number of β-lactam (4-membered cyclic amide) rings is 1. The number of carboxylic acids is 1. The number of hydrogen-bond donors (Lipinski definition) is 2. The van der Waals surface area contributed by atoms with Crippen molar-refractivity contribution < 1.29 is 24.2 Å². The summed E-state index contributed by atoms with van der Waals surface area (Å²) in [6.45, 7) is -0.202. The van der Waals surface area contributed by atoms with Crippen molar-refractivity contribution in [3.63, 3.8) is 0 Å². The number of carbonyl (C=O) groups excluding carboxylic acids is 2. The largest absolute Gasteiger partial charge is 0.484 e. The van der Waals surface area contributed by atoms with Gasteiger partial charge in [-0.05, 0) is 18.2 Å². The zero-order valence-corrected chi connectivity index (χ0v) is 12.8. The van der Waals surface area contributed by atoms with Crippen LogP contribution in [0.5, 0.6) is 5.75 Å². The van der Waals surface area contributed by atoms with Crippen molar-refractivity contribution in [1.29, 1.82) is 0 Å². The third kappa shape index (κ3) is 3.02. The first-order valence-corrected chi connectivity index (χ1v) is 7.98. The summed E-state index contributed by atoms with van der Waals surface area (Å²) >= 11 is 1.41. The van der Waals surface area contributed by atoms with E-state index in [2.05, 4.69) is 5.32 Å². The Hall–Kier alpha value is -2.48. The second-order valence-electron chi connectivity index (χ2n) is 4.97. The number of rotatable bonds is 5. The molecule has 23 heavy (non-hydrogen) atoms. The van der Waals surface area contributed by atoms with Crippen LogP contribution >= 0.6 is 11.8 Å². The van der Waals surface area contributed by atoms with E-state index in [0.717, 1.165) is 0 Å². The van der Waals surface area contributed by atoms with Gasteiger partial charge in [-0.15, -0.1) is 11.8 Å². The fourth-order valence-corrected chi connectivity index (χ4v) is 3.61. The minimum Gasteiger partial charge on any atom is -0.484 e. The number of amides is 2. The summed E-state index contributed by atoms with van der Waals surface area (Å²) in [5.74, 6) is -0.917. The van der Waals surface area contributed by atoms with Gasteiger partial charge in [-0.25, -0.2) is 4.79 Å². The molecule has 2 aliphatic rings. The van der Waals surface area contributed by atoms with E-state index >= 15 is 0 Å². The minimum absolute atomic E-state index is 0.0233. The first-order valence-electron chi connectivity index (χ1n) is 6.93. The summed E-state index contributed by atoms with van der Waals surface area (Å²) < 4.78 is 5.32. The SMILES string of the molecule is O=C(COc1ccccc1)N[C@@H]1C(=O)N2C(C(=O)O)=CCS[C@@H]12. The van der Waals surface area contributed by atoms with Gasteiger partial charge in [0.25, 0.3) is 11.8 Å². The zero-order valence-electron chi connectivity index (χ0n) is 12.0. The van der Waals surface area contributed by atoms with Crippen molar-refractivity contribution in [2.45, 2.75) is 11.4 Å².